The predicted molar refractivity (Wildman–Crippen MR) is 353 cm³/mol. The SMILES string of the molecule is CCC1O[C@H](OCC2O[C@@H](O[C@@H]3C(COCc4ccccc4)O[C@@H](OCc4ccccc4)C(C)[C@H]3C)C(OCc3ccccc3)[C@@H](O[C@H]3O[C@@H](CC)[C@@H](C)C(C)C3O[C@H]3O[C@@H](CO[P+](=O)[O-])[C@@H](C)C(C)C3OCc3ccccc3)[C@@H]2C)C(OCc2ccccc2)[C@@H](C)[C@@H]1C. The highest BCUT2D eigenvalue weighted by Crippen LogP contribution is 2.45. The number of benzene rings is 5. The van der Waals surface area contributed by atoms with E-state index in [1.807, 2.05) is 134 Å². The van der Waals surface area contributed by atoms with E-state index in [9.17, 15) is 9.46 Å². The van der Waals surface area contributed by atoms with Crippen LogP contribution in [0.1, 0.15) is 117 Å². The van der Waals surface area contributed by atoms with Gasteiger partial charge in [-0.3, -0.25) is 0 Å². The Labute approximate surface area is 559 Å². The lowest BCUT2D eigenvalue weighted by Crippen LogP contribution is -2.63. The lowest BCUT2D eigenvalue weighted by atomic mass is 9.81. The molecule has 5 fully saturated rings. The van der Waals surface area contributed by atoms with Crippen LogP contribution in [-0.2, 0) is 108 Å². The minimum atomic E-state index is -3.14. The van der Waals surface area contributed by atoms with Crippen LogP contribution in [0.2, 0.25) is 0 Å². The summed E-state index contributed by atoms with van der Waals surface area (Å²) in [6.07, 6.45) is -9.19. The predicted octanol–water partition coefficient (Wildman–Crippen LogP) is 13.6. The summed E-state index contributed by atoms with van der Waals surface area (Å²) in [5.41, 5.74) is 5.05. The molecule has 11 unspecified atom stereocenters. The lowest BCUT2D eigenvalue weighted by molar-refractivity contribution is -0.388. The van der Waals surface area contributed by atoms with Gasteiger partial charge in [0.25, 0.3) is 0 Å². The van der Waals surface area contributed by atoms with Gasteiger partial charge < -0.3 is 71.2 Å². The normalized spacial score (nSPS) is 36.4. The zero-order chi connectivity index (χ0) is 66.3. The summed E-state index contributed by atoms with van der Waals surface area (Å²) < 4.78 is 117. The summed E-state index contributed by atoms with van der Waals surface area (Å²) in [6, 6.07) is 50.4. The Balaban J connectivity index is 1.02. The first-order chi connectivity index (χ1) is 45.6. The van der Waals surface area contributed by atoms with Crippen LogP contribution in [0.4, 0.5) is 0 Å². The third kappa shape index (κ3) is 18.6. The molecule has 0 radical (unpaired) electrons. The van der Waals surface area contributed by atoms with E-state index >= 15 is 0 Å². The first-order valence-electron chi connectivity index (χ1n) is 34.4. The molecule has 5 aromatic carbocycles. The molecule has 18 heteroatoms. The molecular weight excluding hydrogens is 1220 g/mol. The molecule has 0 N–H and O–H groups in total. The number of hydrogen-bond donors (Lipinski definition) is 0. The number of ether oxygens (including phenoxy) is 14. The van der Waals surface area contributed by atoms with E-state index in [0.29, 0.717) is 32.8 Å². The van der Waals surface area contributed by atoms with Crippen LogP contribution in [0.5, 0.6) is 0 Å². The average Bonchev–Trinajstić information content (AvgIpc) is 0.804. The second-order valence-electron chi connectivity index (χ2n) is 27.0. The Kier molecular flexibility index (Phi) is 27.2. The van der Waals surface area contributed by atoms with Crippen molar-refractivity contribution in [2.45, 2.75) is 221 Å². The highest BCUT2D eigenvalue weighted by Gasteiger charge is 2.55. The Hall–Kier alpha value is -4.44. The smallest absolute Gasteiger partial charge is 0.488 e. The van der Waals surface area contributed by atoms with Crippen molar-refractivity contribution in [2.24, 2.45) is 53.3 Å². The first-order valence-corrected chi connectivity index (χ1v) is 35.5. The second-order valence-corrected chi connectivity index (χ2v) is 27.7. The van der Waals surface area contributed by atoms with Gasteiger partial charge in [0.1, 0.15) is 37.1 Å². The van der Waals surface area contributed by atoms with Crippen LogP contribution in [0.25, 0.3) is 0 Å². The zero-order valence-electron chi connectivity index (χ0n) is 56.8. The Morgan fingerprint density at radius 3 is 1.16 bits per heavy atom. The van der Waals surface area contributed by atoms with Gasteiger partial charge in [0, 0.05) is 11.8 Å². The van der Waals surface area contributed by atoms with Crippen molar-refractivity contribution < 1.29 is 80.3 Å². The molecule has 0 aliphatic carbocycles. The molecule has 0 spiro atoms. The minimum absolute atomic E-state index is 0.0116. The monoisotopic (exact) mass is 1320 g/mol. The summed E-state index contributed by atoms with van der Waals surface area (Å²) in [5.74, 6) is -0.934. The van der Waals surface area contributed by atoms with Crippen LogP contribution < -0.4 is 4.89 Å². The molecular formula is C76H103O17P. The molecule has 0 amide bonds. The maximum Gasteiger partial charge on any atom is 0.488 e. The Morgan fingerprint density at radius 1 is 0.319 bits per heavy atom. The zero-order valence-corrected chi connectivity index (χ0v) is 57.7. The van der Waals surface area contributed by atoms with E-state index in [4.69, 9.17) is 70.8 Å². The topological polar surface area (TPSA) is 179 Å². The van der Waals surface area contributed by atoms with Crippen LogP contribution in [0.15, 0.2) is 152 Å². The van der Waals surface area contributed by atoms with E-state index in [0.717, 1.165) is 34.2 Å². The minimum Gasteiger partial charge on any atom is -0.566 e. The van der Waals surface area contributed by atoms with E-state index in [2.05, 4.69) is 93.5 Å². The van der Waals surface area contributed by atoms with E-state index in [1.54, 1.807) is 0 Å². The summed E-state index contributed by atoms with van der Waals surface area (Å²) in [5, 5.41) is 0. The highest BCUT2D eigenvalue weighted by atomic mass is 31.1. The summed E-state index contributed by atoms with van der Waals surface area (Å²) in [6.45, 7) is 25.3. The van der Waals surface area contributed by atoms with Crippen molar-refractivity contribution in [3.05, 3.63) is 179 Å². The third-order valence-electron chi connectivity index (χ3n) is 20.9. The van der Waals surface area contributed by atoms with Gasteiger partial charge in [-0.1, -0.05) is 228 Å². The number of hydrogen-bond acceptors (Lipinski definition) is 17. The van der Waals surface area contributed by atoms with Gasteiger partial charge in [-0.15, -0.1) is 4.52 Å². The maximum atomic E-state index is 11.9. The van der Waals surface area contributed by atoms with E-state index < -0.39 is 101 Å². The molecule has 10 rings (SSSR count). The standard InChI is InChI=1S/C76H103O17P/c1-12-61-47(3)50(6)68(80-40-57-31-21-15-22-32-57)73(86-61)84-45-63-55(11)67(92-75-70(52(8)48(4)62(13-2)87-75)93-74-69(81-41-58-33-23-16-24-34-58)51(7)49(5)64(89-74)46-85-94(77)78)71(82-42-59-35-25-17-26-36-59)76(88-63)91-66-53(9)54(10)72(83-43-60-37-27-18-28-38-60)90-65(66)44-79-39-56-29-19-14-20-30-56/h14-38,47-55,61-76H,12-13,39-46H2,1-11H3/t47-,48-,49-,50-,51?,52?,53+,54?,55+,61?,62-,63?,64-,65?,66-,67-,68?,69?,70?,71?,72+,73-,74+,75+,76-/m0/s1. The van der Waals surface area contributed by atoms with Crippen molar-refractivity contribution >= 4 is 8.25 Å². The summed E-state index contributed by atoms with van der Waals surface area (Å²) >= 11 is 0. The van der Waals surface area contributed by atoms with Crippen molar-refractivity contribution in [3.63, 3.8) is 0 Å². The van der Waals surface area contributed by atoms with Gasteiger partial charge in [0.05, 0.1) is 82.9 Å². The van der Waals surface area contributed by atoms with Crippen molar-refractivity contribution in [1.82, 2.24) is 0 Å². The molecule has 0 saturated carbocycles. The second kappa shape index (κ2) is 35.4. The van der Waals surface area contributed by atoms with Crippen molar-refractivity contribution in [1.29, 1.82) is 0 Å². The van der Waals surface area contributed by atoms with Gasteiger partial charge >= 0.3 is 8.25 Å². The Bertz CT molecular complexity index is 2980. The molecule has 5 aromatic rings. The van der Waals surface area contributed by atoms with E-state index in [1.165, 1.54) is 0 Å². The summed E-state index contributed by atoms with van der Waals surface area (Å²) in [4.78, 5) is 11.9. The highest BCUT2D eigenvalue weighted by molar-refractivity contribution is 7.30. The van der Waals surface area contributed by atoms with Crippen molar-refractivity contribution in [3.8, 4) is 0 Å². The molecule has 0 bridgehead atoms. The van der Waals surface area contributed by atoms with Gasteiger partial charge in [-0.2, -0.15) is 0 Å². The molecule has 94 heavy (non-hydrogen) atoms. The van der Waals surface area contributed by atoms with E-state index in [-0.39, 0.29) is 86.0 Å². The fraction of sp³-hybridized carbons (Fsp3) is 0.605. The van der Waals surface area contributed by atoms with Gasteiger partial charge in [0.15, 0.2) is 31.5 Å². The van der Waals surface area contributed by atoms with Crippen LogP contribution in [0, 0.1) is 53.3 Å². The lowest BCUT2D eigenvalue weighted by Gasteiger charge is -2.52. The molecule has 17 nitrogen and oxygen atoms in total. The van der Waals surface area contributed by atoms with Gasteiger partial charge in [-0.05, 0) is 86.6 Å². The Morgan fingerprint density at radius 2 is 0.670 bits per heavy atom. The van der Waals surface area contributed by atoms with Gasteiger partial charge in [-0.25, -0.2) is 0 Å². The number of rotatable bonds is 30. The molecule has 26 atom stereocenters. The fourth-order valence-corrected chi connectivity index (χ4v) is 14.4. The quantitative estimate of drug-likeness (QED) is 0.0396. The molecule has 5 heterocycles. The molecule has 514 valence electrons. The van der Waals surface area contributed by atoms with Crippen LogP contribution in [-0.4, -0.2) is 118 Å². The molecule has 5 saturated heterocycles. The third-order valence-corrected chi connectivity index (χ3v) is 21.3. The van der Waals surface area contributed by atoms with Crippen LogP contribution in [0.3, 0.4) is 0 Å². The fourth-order valence-electron chi connectivity index (χ4n) is 14.1. The average molecular weight is 1320 g/mol. The molecule has 0 aromatic heterocycles. The van der Waals surface area contributed by atoms with Crippen LogP contribution >= 0.6 is 8.25 Å². The largest absolute Gasteiger partial charge is 0.566 e. The summed E-state index contributed by atoms with van der Waals surface area (Å²) in [7, 11) is -3.14. The van der Waals surface area contributed by atoms with Gasteiger partial charge in [0.2, 0.25) is 0 Å². The maximum absolute atomic E-state index is 11.9. The molecule has 5 aliphatic heterocycles. The molecule has 5 aliphatic rings. The first kappa shape index (κ1) is 72.3. The van der Waals surface area contributed by atoms with Crippen molar-refractivity contribution in [2.75, 3.05) is 19.8 Å².